The molecule has 27 heavy (non-hydrogen) atoms. The van der Waals surface area contributed by atoms with E-state index in [1.807, 2.05) is 36.4 Å². The highest BCUT2D eigenvalue weighted by Gasteiger charge is 2.10. The zero-order valence-corrected chi connectivity index (χ0v) is 14.1. The van der Waals surface area contributed by atoms with Crippen molar-refractivity contribution in [2.45, 2.75) is 0 Å². The largest absolute Gasteiger partial charge is 0.268 e. The van der Waals surface area contributed by atoms with Crippen molar-refractivity contribution in [3.8, 4) is 5.69 Å². The van der Waals surface area contributed by atoms with Gasteiger partial charge < -0.3 is 0 Å². The molecule has 4 rings (SSSR count). The Balaban J connectivity index is 1.92. The van der Waals surface area contributed by atoms with Gasteiger partial charge >= 0.3 is 0 Å². The molecule has 0 spiro atoms. The summed E-state index contributed by atoms with van der Waals surface area (Å²) in [6.07, 6.45) is 3.21. The van der Waals surface area contributed by atoms with Gasteiger partial charge in [0.1, 0.15) is 5.82 Å². The minimum atomic E-state index is -0.927. The molecule has 3 aromatic carbocycles. The molecule has 1 aromatic heterocycles. The first-order valence-electron chi connectivity index (χ1n) is 8.34. The molecule has 0 amide bonds. The van der Waals surface area contributed by atoms with Crippen LogP contribution in [0.3, 0.4) is 0 Å². The van der Waals surface area contributed by atoms with Crippen LogP contribution in [0.15, 0.2) is 77.6 Å². The van der Waals surface area contributed by atoms with Crippen LogP contribution in [0, 0.1) is 11.6 Å². The van der Waals surface area contributed by atoms with Crippen LogP contribution in [0.25, 0.3) is 28.7 Å². The number of hydrogen-bond acceptors (Lipinski definition) is 2. The molecule has 0 aliphatic rings. The fourth-order valence-corrected chi connectivity index (χ4v) is 2.88. The molecule has 0 fully saturated rings. The summed E-state index contributed by atoms with van der Waals surface area (Å²) in [6.45, 7) is 0. The van der Waals surface area contributed by atoms with Crippen LogP contribution in [0.4, 0.5) is 8.78 Å². The van der Waals surface area contributed by atoms with Crippen LogP contribution in [0.1, 0.15) is 11.4 Å². The van der Waals surface area contributed by atoms with Crippen molar-refractivity contribution < 1.29 is 8.78 Å². The summed E-state index contributed by atoms with van der Waals surface area (Å²) < 4.78 is 28.1. The second-order valence-electron chi connectivity index (χ2n) is 5.97. The predicted octanol–water partition coefficient (Wildman–Crippen LogP) is 4.83. The molecule has 0 aliphatic carbocycles. The average Bonchev–Trinajstić information content (AvgIpc) is 2.70. The third-order valence-electron chi connectivity index (χ3n) is 4.18. The van der Waals surface area contributed by atoms with Gasteiger partial charge in [-0.25, -0.2) is 13.8 Å². The predicted molar refractivity (Wildman–Crippen MR) is 103 cm³/mol. The molecular weight excluding hydrogens is 346 g/mol. The lowest BCUT2D eigenvalue weighted by Gasteiger charge is -2.11. The van der Waals surface area contributed by atoms with E-state index in [2.05, 4.69) is 4.98 Å². The number of benzene rings is 3. The van der Waals surface area contributed by atoms with Crippen molar-refractivity contribution in [2.24, 2.45) is 0 Å². The first-order chi connectivity index (χ1) is 13.1. The lowest BCUT2D eigenvalue weighted by Crippen LogP contribution is -2.22. The van der Waals surface area contributed by atoms with Crippen molar-refractivity contribution in [2.75, 3.05) is 0 Å². The molecule has 4 aromatic rings. The zero-order chi connectivity index (χ0) is 18.8. The highest BCUT2D eigenvalue weighted by atomic mass is 19.2. The van der Waals surface area contributed by atoms with Gasteiger partial charge in [0, 0.05) is 0 Å². The van der Waals surface area contributed by atoms with Crippen molar-refractivity contribution in [1.82, 2.24) is 9.55 Å². The van der Waals surface area contributed by atoms with Gasteiger partial charge in [-0.2, -0.15) is 0 Å². The molecule has 0 aliphatic heterocycles. The van der Waals surface area contributed by atoms with E-state index in [4.69, 9.17) is 0 Å². The summed E-state index contributed by atoms with van der Waals surface area (Å²) in [4.78, 5) is 17.6. The van der Waals surface area contributed by atoms with E-state index in [9.17, 15) is 13.6 Å². The molecule has 0 saturated heterocycles. The van der Waals surface area contributed by atoms with Crippen LogP contribution in [-0.4, -0.2) is 9.55 Å². The Morgan fingerprint density at radius 1 is 0.815 bits per heavy atom. The van der Waals surface area contributed by atoms with Gasteiger partial charge in [-0.3, -0.25) is 9.36 Å². The van der Waals surface area contributed by atoms with Crippen LogP contribution in [0.2, 0.25) is 0 Å². The van der Waals surface area contributed by atoms with E-state index >= 15 is 0 Å². The molecule has 0 unspecified atom stereocenters. The summed E-state index contributed by atoms with van der Waals surface area (Å²) >= 11 is 0. The van der Waals surface area contributed by atoms with Gasteiger partial charge in [-0.1, -0.05) is 42.5 Å². The second-order valence-corrected chi connectivity index (χ2v) is 5.97. The van der Waals surface area contributed by atoms with Gasteiger partial charge in [-0.05, 0) is 48.0 Å². The molecule has 132 valence electrons. The zero-order valence-electron chi connectivity index (χ0n) is 14.1. The number of rotatable bonds is 3. The Morgan fingerprint density at radius 2 is 1.56 bits per heavy atom. The van der Waals surface area contributed by atoms with Gasteiger partial charge in [-0.15, -0.1) is 0 Å². The monoisotopic (exact) mass is 360 g/mol. The molecule has 5 heteroatoms. The van der Waals surface area contributed by atoms with E-state index in [-0.39, 0.29) is 5.56 Å². The standard InChI is InChI=1S/C22H14F2N2O/c23-18-12-10-15(14-19(18)24)11-13-21-25-20-9-5-4-8-17(20)22(27)26(21)16-6-2-1-3-7-16/h1-14H/b13-11+. The minimum Gasteiger partial charge on any atom is -0.268 e. The summed E-state index contributed by atoms with van der Waals surface area (Å²) in [7, 11) is 0. The lowest BCUT2D eigenvalue weighted by molar-refractivity contribution is 0.508. The van der Waals surface area contributed by atoms with Crippen LogP contribution in [0.5, 0.6) is 0 Å². The van der Waals surface area contributed by atoms with E-state index in [0.29, 0.717) is 28.0 Å². The molecule has 0 bridgehead atoms. The Morgan fingerprint density at radius 3 is 2.33 bits per heavy atom. The average molecular weight is 360 g/mol. The number of aromatic nitrogens is 2. The first kappa shape index (κ1) is 16.8. The fraction of sp³-hybridized carbons (Fsp3) is 0. The van der Waals surface area contributed by atoms with Crippen molar-refractivity contribution in [3.63, 3.8) is 0 Å². The minimum absolute atomic E-state index is 0.197. The number of halogens is 2. The maximum atomic E-state index is 13.4. The van der Waals surface area contributed by atoms with Gasteiger partial charge in [0.2, 0.25) is 0 Å². The summed E-state index contributed by atoms with van der Waals surface area (Å²) in [6, 6.07) is 19.9. The Bertz CT molecular complexity index is 1210. The smallest absolute Gasteiger partial charge is 0.266 e. The lowest BCUT2D eigenvalue weighted by atomic mass is 10.2. The molecule has 3 nitrogen and oxygen atoms in total. The summed E-state index contributed by atoms with van der Waals surface area (Å²) in [5.41, 5.74) is 1.51. The highest BCUT2D eigenvalue weighted by Crippen LogP contribution is 2.16. The number of fused-ring (bicyclic) bond motifs is 1. The quantitative estimate of drug-likeness (QED) is 0.524. The maximum Gasteiger partial charge on any atom is 0.266 e. The van der Waals surface area contributed by atoms with E-state index in [0.717, 1.165) is 12.1 Å². The SMILES string of the molecule is O=c1c2ccccc2nc(/C=C/c2ccc(F)c(F)c2)n1-c1ccccc1. The Kier molecular flexibility index (Phi) is 4.34. The molecule has 0 saturated carbocycles. The van der Waals surface area contributed by atoms with Crippen LogP contribution >= 0.6 is 0 Å². The van der Waals surface area contributed by atoms with Crippen LogP contribution in [-0.2, 0) is 0 Å². The normalized spacial score (nSPS) is 11.3. The molecule has 0 atom stereocenters. The van der Waals surface area contributed by atoms with Crippen molar-refractivity contribution in [3.05, 3.63) is 106 Å². The summed E-state index contributed by atoms with van der Waals surface area (Å²) in [5.74, 6) is -1.43. The van der Waals surface area contributed by atoms with E-state index < -0.39 is 11.6 Å². The number of hydrogen-bond donors (Lipinski definition) is 0. The number of nitrogens with zero attached hydrogens (tertiary/aromatic N) is 2. The molecular formula is C22H14F2N2O. The Hall–Kier alpha value is -3.60. The summed E-state index contributed by atoms with van der Waals surface area (Å²) in [5, 5.41) is 0.506. The third-order valence-corrected chi connectivity index (χ3v) is 4.18. The third kappa shape index (κ3) is 3.27. The molecule has 1 heterocycles. The molecule has 0 radical (unpaired) electrons. The number of para-hydroxylation sites is 2. The van der Waals surface area contributed by atoms with Gasteiger partial charge in [0.25, 0.3) is 5.56 Å². The second kappa shape index (κ2) is 6.96. The maximum absolute atomic E-state index is 13.4. The highest BCUT2D eigenvalue weighted by molar-refractivity contribution is 5.80. The first-order valence-corrected chi connectivity index (χ1v) is 8.34. The van der Waals surface area contributed by atoms with Crippen molar-refractivity contribution in [1.29, 1.82) is 0 Å². The van der Waals surface area contributed by atoms with E-state index in [1.165, 1.54) is 10.6 Å². The van der Waals surface area contributed by atoms with Crippen molar-refractivity contribution >= 4 is 23.1 Å². The van der Waals surface area contributed by atoms with Gasteiger partial charge in [0.05, 0.1) is 16.6 Å². The topological polar surface area (TPSA) is 34.9 Å². The Labute approximate surface area is 153 Å². The van der Waals surface area contributed by atoms with Crippen LogP contribution < -0.4 is 5.56 Å². The molecule has 0 N–H and O–H groups in total. The van der Waals surface area contributed by atoms with Gasteiger partial charge in [0.15, 0.2) is 11.6 Å². The fourth-order valence-electron chi connectivity index (χ4n) is 2.88. The van der Waals surface area contributed by atoms with E-state index in [1.54, 1.807) is 30.4 Å².